The maximum Gasteiger partial charge on any atom is 0.125 e. The molecule has 1 aromatic carbocycles. The molecule has 0 aliphatic rings. The van der Waals surface area contributed by atoms with Crippen LogP contribution >= 0.6 is 22.6 Å². The summed E-state index contributed by atoms with van der Waals surface area (Å²) < 4.78 is 13.7. The Morgan fingerprint density at radius 2 is 2.25 bits per heavy atom. The molecular weight excluding hydrogens is 268 g/mol. The van der Waals surface area contributed by atoms with Crippen molar-refractivity contribution in [1.82, 2.24) is 4.98 Å². The smallest absolute Gasteiger partial charge is 0.125 e. The highest BCUT2D eigenvalue weighted by Crippen LogP contribution is 2.20. The van der Waals surface area contributed by atoms with Gasteiger partial charge in [0.05, 0.1) is 0 Å². The van der Waals surface area contributed by atoms with Crippen LogP contribution in [0.25, 0.3) is 10.9 Å². The Hall–Kier alpha value is -0.580. The summed E-state index contributed by atoms with van der Waals surface area (Å²) in [6, 6.07) is 4.83. The minimum absolute atomic E-state index is 0.190. The maximum absolute atomic E-state index is 12.7. The highest BCUT2D eigenvalue weighted by molar-refractivity contribution is 14.1. The van der Waals surface area contributed by atoms with Gasteiger partial charge in [-0.1, -0.05) is 22.6 Å². The largest absolute Gasteiger partial charge is 0.361 e. The second-order valence-corrected chi connectivity index (χ2v) is 3.40. The van der Waals surface area contributed by atoms with E-state index in [0.717, 1.165) is 15.3 Å². The summed E-state index contributed by atoms with van der Waals surface area (Å²) in [4.78, 5) is 3.04. The molecule has 1 nitrogen and oxygen atoms in total. The molecule has 0 spiro atoms. The minimum atomic E-state index is -0.190. The summed E-state index contributed by atoms with van der Waals surface area (Å²) in [5.74, 6) is -0.190. The third-order valence-corrected chi connectivity index (χ3v) is 2.70. The fourth-order valence-corrected chi connectivity index (χ4v) is 1.90. The molecular formula is C9H7FIN. The predicted octanol–water partition coefficient (Wildman–Crippen LogP) is 3.24. The van der Waals surface area contributed by atoms with Crippen molar-refractivity contribution in [2.75, 3.05) is 0 Å². The summed E-state index contributed by atoms with van der Waals surface area (Å²) >= 11 is 2.29. The van der Waals surface area contributed by atoms with Crippen LogP contribution in [0.3, 0.4) is 0 Å². The van der Waals surface area contributed by atoms with Crippen LogP contribution in [0, 0.1) is 5.82 Å². The number of H-pyrrole nitrogens is 1. The summed E-state index contributed by atoms with van der Waals surface area (Å²) in [7, 11) is 0. The third kappa shape index (κ3) is 1.22. The number of hydrogen-bond donors (Lipinski definition) is 1. The van der Waals surface area contributed by atoms with Crippen LogP contribution in [0.15, 0.2) is 24.4 Å². The van der Waals surface area contributed by atoms with E-state index in [1.54, 1.807) is 0 Å². The number of aromatic amines is 1. The molecule has 0 bridgehead atoms. The first-order chi connectivity index (χ1) is 5.81. The summed E-state index contributed by atoms with van der Waals surface area (Å²) in [5, 5.41) is 1.12. The lowest BCUT2D eigenvalue weighted by Gasteiger charge is -1.92. The Bertz CT molecular complexity index is 408. The van der Waals surface area contributed by atoms with Gasteiger partial charge in [0.1, 0.15) is 5.82 Å². The number of fused-ring (bicyclic) bond motifs is 1. The van der Waals surface area contributed by atoms with Gasteiger partial charge >= 0.3 is 0 Å². The fraction of sp³-hybridized carbons (Fsp3) is 0.111. The molecule has 1 heterocycles. The molecule has 0 aliphatic carbocycles. The minimum Gasteiger partial charge on any atom is -0.361 e. The highest BCUT2D eigenvalue weighted by atomic mass is 127. The molecule has 0 aliphatic heterocycles. The van der Waals surface area contributed by atoms with Crippen molar-refractivity contribution in [3.05, 3.63) is 35.8 Å². The average Bonchev–Trinajstić information content (AvgIpc) is 2.46. The topological polar surface area (TPSA) is 15.8 Å². The molecule has 62 valence electrons. The SMILES string of the molecule is Fc1ccc2c(CI)c[nH]c2c1. The Morgan fingerprint density at radius 1 is 1.42 bits per heavy atom. The van der Waals surface area contributed by atoms with Gasteiger partial charge in [-0.2, -0.15) is 0 Å². The number of nitrogens with one attached hydrogen (secondary N) is 1. The van der Waals surface area contributed by atoms with Gasteiger partial charge in [-0.3, -0.25) is 0 Å². The van der Waals surface area contributed by atoms with Crippen LogP contribution in [-0.4, -0.2) is 4.98 Å². The van der Waals surface area contributed by atoms with Crippen LogP contribution in [0.5, 0.6) is 0 Å². The van der Waals surface area contributed by atoms with E-state index in [1.165, 1.54) is 17.7 Å². The van der Waals surface area contributed by atoms with Crippen LogP contribution in [0.1, 0.15) is 5.56 Å². The van der Waals surface area contributed by atoms with E-state index < -0.39 is 0 Å². The summed E-state index contributed by atoms with van der Waals surface area (Å²) in [5.41, 5.74) is 2.10. The summed E-state index contributed by atoms with van der Waals surface area (Å²) in [6.07, 6.45) is 1.93. The van der Waals surface area contributed by atoms with Crippen molar-refractivity contribution < 1.29 is 4.39 Å². The first-order valence-electron chi connectivity index (χ1n) is 3.63. The van der Waals surface area contributed by atoms with Crippen LogP contribution in [0.4, 0.5) is 4.39 Å². The lowest BCUT2D eigenvalue weighted by Crippen LogP contribution is -1.74. The zero-order valence-corrected chi connectivity index (χ0v) is 8.43. The van der Waals surface area contributed by atoms with Crippen molar-refractivity contribution in [2.45, 2.75) is 4.43 Å². The van der Waals surface area contributed by atoms with Gasteiger partial charge < -0.3 is 4.98 Å². The molecule has 0 radical (unpaired) electrons. The lowest BCUT2D eigenvalue weighted by atomic mass is 10.2. The molecule has 0 saturated carbocycles. The van der Waals surface area contributed by atoms with Gasteiger partial charge in [0.25, 0.3) is 0 Å². The first kappa shape index (κ1) is 8.04. The first-order valence-corrected chi connectivity index (χ1v) is 5.15. The Kier molecular flexibility index (Phi) is 2.04. The molecule has 0 amide bonds. The molecule has 0 atom stereocenters. The number of halogens is 2. The van der Waals surface area contributed by atoms with Crippen molar-refractivity contribution >= 4 is 33.5 Å². The molecule has 2 aromatic rings. The van der Waals surface area contributed by atoms with Crippen LogP contribution in [-0.2, 0) is 4.43 Å². The normalized spacial score (nSPS) is 10.8. The van der Waals surface area contributed by atoms with E-state index in [-0.39, 0.29) is 5.82 Å². The Labute approximate surface area is 83.1 Å². The van der Waals surface area contributed by atoms with Crippen molar-refractivity contribution in [1.29, 1.82) is 0 Å². The van der Waals surface area contributed by atoms with Gasteiger partial charge in [0.15, 0.2) is 0 Å². The standard InChI is InChI=1S/C9H7FIN/c10-7-1-2-8-6(4-11)5-12-9(8)3-7/h1-3,5,12H,4H2. The number of alkyl halides is 1. The fourth-order valence-electron chi connectivity index (χ4n) is 1.27. The van der Waals surface area contributed by atoms with E-state index in [4.69, 9.17) is 0 Å². The molecule has 1 aromatic heterocycles. The highest BCUT2D eigenvalue weighted by Gasteiger charge is 2.01. The van der Waals surface area contributed by atoms with E-state index in [2.05, 4.69) is 27.6 Å². The summed E-state index contributed by atoms with van der Waals surface area (Å²) in [6.45, 7) is 0. The second-order valence-electron chi connectivity index (χ2n) is 2.64. The molecule has 1 N–H and O–H groups in total. The van der Waals surface area contributed by atoms with E-state index >= 15 is 0 Å². The van der Waals surface area contributed by atoms with E-state index in [9.17, 15) is 4.39 Å². The molecule has 2 rings (SSSR count). The van der Waals surface area contributed by atoms with Gasteiger partial charge in [-0.05, 0) is 23.8 Å². The average molecular weight is 275 g/mol. The molecule has 3 heteroatoms. The predicted molar refractivity (Wildman–Crippen MR) is 56.0 cm³/mol. The maximum atomic E-state index is 12.7. The van der Waals surface area contributed by atoms with Crippen LogP contribution in [0.2, 0.25) is 0 Å². The second kappa shape index (κ2) is 3.05. The third-order valence-electron chi connectivity index (χ3n) is 1.87. The number of hydrogen-bond acceptors (Lipinski definition) is 0. The Balaban J connectivity index is 2.73. The lowest BCUT2D eigenvalue weighted by molar-refractivity contribution is 0.629. The monoisotopic (exact) mass is 275 g/mol. The van der Waals surface area contributed by atoms with Crippen molar-refractivity contribution in [3.63, 3.8) is 0 Å². The molecule has 12 heavy (non-hydrogen) atoms. The van der Waals surface area contributed by atoms with E-state index in [1.807, 2.05) is 12.3 Å². The van der Waals surface area contributed by atoms with Crippen molar-refractivity contribution in [2.24, 2.45) is 0 Å². The Morgan fingerprint density at radius 3 is 3.00 bits per heavy atom. The van der Waals surface area contributed by atoms with Gasteiger partial charge in [0, 0.05) is 21.5 Å². The molecule has 0 fully saturated rings. The van der Waals surface area contributed by atoms with Gasteiger partial charge in [-0.25, -0.2) is 4.39 Å². The number of rotatable bonds is 1. The van der Waals surface area contributed by atoms with Gasteiger partial charge in [0.2, 0.25) is 0 Å². The number of benzene rings is 1. The van der Waals surface area contributed by atoms with E-state index in [0.29, 0.717) is 0 Å². The van der Waals surface area contributed by atoms with Crippen LogP contribution < -0.4 is 0 Å². The zero-order chi connectivity index (χ0) is 8.55. The van der Waals surface area contributed by atoms with Gasteiger partial charge in [-0.15, -0.1) is 0 Å². The quantitative estimate of drug-likeness (QED) is 0.607. The zero-order valence-electron chi connectivity index (χ0n) is 6.27. The molecule has 0 saturated heterocycles. The number of aromatic nitrogens is 1. The molecule has 0 unspecified atom stereocenters. The van der Waals surface area contributed by atoms with Crippen molar-refractivity contribution in [3.8, 4) is 0 Å².